The van der Waals surface area contributed by atoms with Crippen LogP contribution in [0.1, 0.15) is 56.0 Å². The van der Waals surface area contributed by atoms with Crippen LogP contribution >= 0.6 is 0 Å². The minimum Gasteiger partial charge on any atom is -0.341 e. The fourth-order valence-corrected chi connectivity index (χ4v) is 2.29. The zero-order chi connectivity index (χ0) is 14.7. The zero-order valence-electron chi connectivity index (χ0n) is 12.6. The molecular weight excluding hydrogens is 246 g/mol. The highest BCUT2D eigenvalue weighted by molar-refractivity contribution is 5.64. The summed E-state index contributed by atoms with van der Waals surface area (Å²) in [4.78, 5) is 7.68. The summed E-state index contributed by atoms with van der Waals surface area (Å²) in [5, 5.41) is 9.12. The molecule has 1 atom stereocenters. The van der Waals surface area contributed by atoms with E-state index in [9.17, 15) is 0 Å². The average Bonchev–Trinajstić information content (AvgIpc) is 2.90. The maximum atomic E-state index is 9.12. The number of nitrogens with zero attached hydrogens (tertiary/aromatic N) is 2. The summed E-state index contributed by atoms with van der Waals surface area (Å²) in [5.74, 6) is 1.11. The summed E-state index contributed by atoms with van der Waals surface area (Å²) >= 11 is 0. The molecule has 0 saturated carbocycles. The van der Waals surface area contributed by atoms with Crippen molar-refractivity contribution in [2.24, 2.45) is 0 Å². The quantitative estimate of drug-likeness (QED) is 0.885. The Kier molecular flexibility index (Phi) is 4.24. The van der Waals surface area contributed by atoms with Crippen LogP contribution in [0.2, 0.25) is 0 Å². The van der Waals surface area contributed by atoms with E-state index in [2.05, 4.69) is 55.0 Å². The highest BCUT2D eigenvalue weighted by atomic mass is 14.9. The maximum absolute atomic E-state index is 9.12. The van der Waals surface area contributed by atoms with Crippen molar-refractivity contribution in [2.75, 3.05) is 0 Å². The van der Waals surface area contributed by atoms with Gasteiger partial charge in [-0.1, -0.05) is 32.9 Å². The molecule has 0 spiro atoms. The van der Waals surface area contributed by atoms with Crippen LogP contribution < -0.4 is 0 Å². The minimum atomic E-state index is -0.155. The van der Waals surface area contributed by atoms with Crippen LogP contribution in [0.15, 0.2) is 24.4 Å². The van der Waals surface area contributed by atoms with E-state index < -0.39 is 0 Å². The number of aromatic amines is 1. The average molecular weight is 267 g/mol. The molecule has 104 valence electrons. The van der Waals surface area contributed by atoms with E-state index in [0.717, 1.165) is 17.9 Å². The Morgan fingerprint density at radius 1 is 1.35 bits per heavy atom. The first-order valence-electron chi connectivity index (χ1n) is 7.12. The minimum absolute atomic E-state index is 0.155. The molecule has 0 amide bonds. The summed E-state index contributed by atoms with van der Waals surface area (Å²) in [6, 6.07) is 8.81. The molecule has 0 bridgehead atoms. The monoisotopic (exact) mass is 267 g/mol. The van der Waals surface area contributed by atoms with Gasteiger partial charge in [-0.15, -0.1) is 0 Å². The van der Waals surface area contributed by atoms with Gasteiger partial charge in [-0.2, -0.15) is 5.26 Å². The summed E-state index contributed by atoms with van der Waals surface area (Å²) in [7, 11) is 0. The van der Waals surface area contributed by atoms with Gasteiger partial charge in [0.25, 0.3) is 0 Å². The maximum Gasteiger partial charge on any atom is 0.123 e. The van der Waals surface area contributed by atoms with Gasteiger partial charge in [0.15, 0.2) is 0 Å². The lowest BCUT2D eigenvalue weighted by atomic mass is 9.96. The third-order valence-electron chi connectivity index (χ3n) is 3.71. The number of rotatable bonds is 4. The first-order valence-corrected chi connectivity index (χ1v) is 7.12. The Bertz CT molecular complexity index is 632. The van der Waals surface area contributed by atoms with E-state index in [-0.39, 0.29) is 5.92 Å². The summed E-state index contributed by atoms with van der Waals surface area (Å²) < 4.78 is 0. The molecule has 2 rings (SSSR count). The summed E-state index contributed by atoms with van der Waals surface area (Å²) in [6.07, 6.45) is 2.61. The lowest BCUT2D eigenvalue weighted by Gasteiger charge is -2.10. The first-order chi connectivity index (χ1) is 9.56. The topological polar surface area (TPSA) is 52.5 Å². The predicted molar refractivity (Wildman–Crippen MR) is 81.5 cm³/mol. The molecule has 0 saturated heterocycles. The normalized spacial score (nSPS) is 12.4. The van der Waals surface area contributed by atoms with E-state index in [1.807, 2.05) is 13.1 Å². The van der Waals surface area contributed by atoms with Gasteiger partial charge in [-0.25, -0.2) is 4.98 Å². The van der Waals surface area contributed by atoms with E-state index in [4.69, 9.17) is 5.26 Å². The molecule has 3 nitrogen and oxygen atoms in total. The van der Waals surface area contributed by atoms with Crippen molar-refractivity contribution in [1.29, 1.82) is 5.26 Å². The highest BCUT2D eigenvalue weighted by Crippen LogP contribution is 2.27. The number of nitrogens with one attached hydrogen (secondary N) is 1. The van der Waals surface area contributed by atoms with E-state index in [0.29, 0.717) is 5.92 Å². The van der Waals surface area contributed by atoms with Gasteiger partial charge >= 0.3 is 0 Å². The standard InChI is InChI=1S/C17H21N3/c1-5-13(9-18)17-19-10-16(20-17)15-8-14(11(2)3)7-6-12(15)4/h6-8,10-11,13H,5H2,1-4H3,(H,19,20). The van der Waals surface area contributed by atoms with Crippen LogP contribution in [0.3, 0.4) is 0 Å². The molecule has 1 N–H and O–H groups in total. The summed E-state index contributed by atoms with van der Waals surface area (Å²) in [5.41, 5.74) is 4.69. The Morgan fingerprint density at radius 3 is 2.70 bits per heavy atom. The van der Waals surface area contributed by atoms with Crippen LogP contribution in [0.4, 0.5) is 0 Å². The second-order valence-electron chi connectivity index (χ2n) is 5.50. The Labute approximate surface area is 120 Å². The third kappa shape index (κ3) is 2.75. The number of aryl methyl sites for hydroxylation is 1. The summed E-state index contributed by atoms with van der Waals surface area (Å²) in [6.45, 7) is 8.48. The number of hydrogen-bond donors (Lipinski definition) is 1. The van der Waals surface area contributed by atoms with Gasteiger partial charge in [0.2, 0.25) is 0 Å². The smallest absolute Gasteiger partial charge is 0.123 e. The SMILES string of the molecule is CCC(C#N)c1ncc(-c2cc(C(C)C)ccc2C)[nH]1. The molecule has 1 unspecified atom stereocenters. The molecule has 0 fully saturated rings. The fourth-order valence-electron chi connectivity index (χ4n) is 2.29. The largest absolute Gasteiger partial charge is 0.341 e. The van der Waals surface area contributed by atoms with Gasteiger partial charge < -0.3 is 4.98 Å². The Morgan fingerprint density at radius 2 is 2.10 bits per heavy atom. The van der Waals surface area contributed by atoms with Crippen molar-refractivity contribution >= 4 is 0 Å². The molecule has 20 heavy (non-hydrogen) atoms. The molecule has 0 radical (unpaired) electrons. The molecule has 1 heterocycles. The first kappa shape index (κ1) is 14.3. The number of benzene rings is 1. The highest BCUT2D eigenvalue weighted by Gasteiger charge is 2.14. The van der Waals surface area contributed by atoms with Crippen LogP contribution in [0.5, 0.6) is 0 Å². The van der Waals surface area contributed by atoms with Crippen molar-refractivity contribution in [2.45, 2.75) is 46.0 Å². The van der Waals surface area contributed by atoms with Gasteiger partial charge in [0.05, 0.1) is 18.0 Å². The molecule has 3 heteroatoms. The van der Waals surface area contributed by atoms with Crippen molar-refractivity contribution < 1.29 is 0 Å². The number of imidazole rings is 1. The molecule has 0 aliphatic rings. The molecular formula is C17H21N3. The van der Waals surface area contributed by atoms with Gasteiger partial charge in [0.1, 0.15) is 11.7 Å². The number of hydrogen-bond acceptors (Lipinski definition) is 2. The Balaban J connectivity index is 2.42. The van der Waals surface area contributed by atoms with Crippen LogP contribution in [-0.4, -0.2) is 9.97 Å². The predicted octanol–water partition coefficient (Wildman–Crippen LogP) is 4.53. The molecule has 1 aromatic carbocycles. The number of aromatic nitrogens is 2. The molecule has 0 aliphatic carbocycles. The van der Waals surface area contributed by atoms with Crippen LogP contribution in [-0.2, 0) is 0 Å². The van der Waals surface area contributed by atoms with Crippen molar-refractivity contribution in [3.63, 3.8) is 0 Å². The molecule has 0 aliphatic heterocycles. The lowest BCUT2D eigenvalue weighted by Crippen LogP contribution is -1.96. The van der Waals surface area contributed by atoms with E-state index in [1.54, 1.807) is 0 Å². The van der Waals surface area contributed by atoms with Crippen molar-refractivity contribution in [3.8, 4) is 17.3 Å². The number of H-pyrrole nitrogens is 1. The number of nitriles is 1. The lowest BCUT2D eigenvalue weighted by molar-refractivity contribution is 0.766. The molecule has 2 aromatic rings. The van der Waals surface area contributed by atoms with Gasteiger partial charge in [-0.3, -0.25) is 0 Å². The fraction of sp³-hybridized carbons (Fsp3) is 0.412. The van der Waals surface area contributed by atoms with Crippen molar-refractivity contribution in [1.82, 2.24) is 9.97 Å². The van der Waals surface area contributed by atoms with E-state index >= 15 is 0 Å². The van der Waals surface area contributed by atoms with Crippen LogP contribution in [0.25, 0.3) is 11.3 Å². The second-order valence-corrected chi connectivity index (χ2v) is 5.50. The Hall–Kier alpha value is -2.08. The van der Waals surface area contributed by atoms with Gasteiger partial charge in [-0.05, 0) is 36.5 Å². The second kappa shape index (κ2) is 5.92. The zero-order valence-corrected chi connectivity index (χ0v) is 12.6. The molecule has 1 aromatic heterocycles. The van der Waals surface area contributed by atoms with Crippen molar-refractivity contribution in [3.05, 3.63) is 41.3 Å². The van der Waals surface area contributed by atoms with Gasteiger partial charge in [0, 0.05) is 5.56 Å². The van der Waals surface area contributed by atoms with Crippen LogP contribution in [0, 0.1) is 18.3 Å². The third-order valence-corrected chi connectivity index (χ3v) is 3.71. The van der Waals surface area contributed by atoms with E-state index in [1.165, 1.54) is 16.7 Å².